The summed E-state index contributed by atoms with van der Waals surface area (Å²) in [4.78, 5) is 0. The molecule has 0 aliphatic heterocycles. The summed E-state index contributed by atoms with van der Waals surface area (Å²) < 4.78 is 10.9. The molecule has 2 aromatic rings. The highest BCUT2D eigenvalue weighted by Crippen LogP contribution is 2.11. The van der Waals surface area contributed by atoms with Gasteiger partial charge in [-0.3, -0.25) is 0 Å². The molecule has 0 heterocycles. The van der Waals surface area contributed by atoms with Crippen LogP contribution in [0.25, 0.3) is 0 Å². The van der Waals surface area contributed by atoms with Crippen molar-refractivity contribution >= 4 is 19.4 Å². The van der Waals surface area contributed by atoms with E-state index in [1.807, 2.05) is 24.3 Å². The molecule has 0 radical (unpaired) electrons. The Morgan fingerprint density at radius 1 is 0.850 bits per heavy atom. The molecule has 20 heavy (non-hydrogen) atoms. The Kier molecular flexibility index (Phi) is 5.17. The van der Waals surface area contributed by atoms with E-state index in [2.05, 4.69) is 0 Å². The van der Waals surface area contributed by atoms with Crippen LogP contribution >= 0.6 is 0 Å². The largest absolute Gasteiger partial charge is 0.508 e. The Hall–Kier alpha value is -1.82. The molecule has 0 atom stereocenters. The number of phenols is 2. The zero-order valence-corrected chi connectivity index (χ0v) is 12.5. The van der Waals surface area contributed by atoms with Crippen LogP contribution in [0.4, 0.5) is 0 Å². The first-order valence-corrected chi connectivity index (χ1v) is 8.03. The van der Waals surface area contributed by atoms with E-state index in [9.17, 15) is 10.2 Å². The third-order valence-electron chi connectivity index (χ3n) is 3.01. The average molecular weight is 290 g/mol. The van der Waals surface area contributed by atoms with E-state index < -0.39 is 9.04 Å². The van der Waals surface area contributed by atoms with Crippen molar-refractivity contribution in [1.29, 1.82) is 0 Å². The molecule has 0 amide bonds. The summed E-state index contributed by atoms with van der Waals surface area (Å²) in [5, 5.41) is 21.6. The lowest BCUT2D eigenvalue weighted by atomic mass is 10.3. The summed E-state index contributed by atoms with van der Waals surface area (Å²) in [7, 11) is -0.530. The van der Waals surface area contributed by atoms with E-state index in [1.54, 1.807) is 31.4 Å². The lowest BCUT2D eigenvalue weighted by molar-refractivity contribution is 0.148. The number of rotatable bonds is 6. The first kappa shape index (κ1) is 14.6. The molecule has 5 heteroatoms. The number of aromatic hydroxyl groups is 2. The summed E-state index contributed by atoms with van der Waals surface area (Å²) in [6, 6.07) is 14.2. The SMILES string of the molecule is COCCO[SiH](c1ccccc1O)c1ccccc1O. The quantitative estimate of drug-likeness (QED) is 0.604. The molecule has 2 rings (SSSR count). The van der Waals surface area contributed by atoms with Crippen molar-refractivity contribution in [2.45, 2.75) is 0 Å². The first-order chi connectivity index (χ1) is 9.74. The predicted molar refractivity (Wildman–Crippen MR) is 80.5 cm³/mol. The lowest BCUT2D eigenvalue weighted by Gasteiger charge is -2.19. The van der Waals surface area contributed by atoms with Crippen LogP contribution < -0.4 is 10.4 Å². The van der Waals surface area contributed by atoms with Crippen molar-refractivity contribution in [3.8, 4) is 11.5 Å². The minimum absolute atomic E-state index is 0.199. The van der Waals surface area contributed by atoms with Crippen LogP contribution in [0.5, 0.6) is 11.5 Å². The van der Waals surface area contributed by atoms with Gasteiger partial charge < -0.3 is 19.4 Å². The Morgan fingerprint density at radius 3 is 1.80 bits per heavy atom. The van der Waals surface area contributed by atoms with E-state index in [1.165, 1.54) is 0 Å². The van der Waals surface area contributed by atoms with Crippen LogP contribution in [-0.4, -0.2) is 39.6 Å². The van der Waals surface area contributed by atoms with Gasteiger partial charge in [0.1, 0.15) is 11.5 Å². The fraction of sp³-hybridized carbons (Fsp3) is 0.200. The van der Waals surface area contributed by atoms with E-state index >= 15 is 0 Å². The first-order valence-electron chi connectivity index (χ1n) is 6.40. The summed E-state index contributed by atoms with van der Waals surface area (Å²) >= 11 is 0. The number of hydrogen-bond acceptors (Lipinski definition) is 4. The number of para-hydroxylation sites is 2. The second-order valence-electron chi connectivity index (χ2n) is 4.36. The molecule has 0 aliphatic rings. The van der Waals surface area contributed by atoms with Crippen molar-refractivity contribution in [1.82, 2.24) is 0 Å². The highest BCUT2D eigenvalue weighted by atomic mass is 28.3. The van der Waals surface area contributed by atoms with Gasteiger partial charge in [-0.1, -0.05) is 36.4 Å². The molecule has 0 saturated heterocycles. The number of benzene rings is 2. The molecule has 2 aromatic carbocycles. The predicted octanol–water partition coefficient (Wildman–Crippen LogP) is 0.599. The second-order valence-corrected chi connectivity index (χ2v) is 6.70. The summed E-state index contributed by atoms with van der Waals surface area (Å²) in [6.07, 6.45) is 0. The molecule has 106 valence electrons. The molecule has 0 unspecified atom stereocenters. The Morgan fingerprint density at radius 2 is 1.35 bits per heavy atom. The summed E-state index contributed by atoms with van der Waals surface area (Å²) in [5.41, 5.74) is 0. The van der Waals surface area contributed by atoms with Gasteiger partial charge in [0.25, 0.3) is 0 Å². The van der Waals surface area contributed by atoms with Gasteiger partial charge in [0, 0.05) is 17.5 Å². The van der Waals surface area contributed by atoms with Crippen LogP contribution in [0.2, 0.25) is 0 Å². The Labute approximate surface area is 119 Å². The van der Waals surface area contributed by atoms with Crippen LogP contribution in [0.3, 0.4) is 0 Å². The zero-order valence-electron chi connectivity index (χ0n) is 11.3. The maximum atomic E-state index is 10.0. The smallest absolute Gasteiger partial charge is 0.247 e. The Balaban J connectivity index is 2.35. The van der Waals surface area contributed by atoms with Crippen molar-refractivity contribution in [2.24, 2.45) is 0 Å². The van der Waals surface area contributed by atoms with Gasteiger partial charge >= 0.3 is 0 Å². The summed E-state index contributed by atoms with van der Waals surface area (Å²) in [5.74, 6) is 0.398. The van der Waals surface area contributed by atoms with Crippen LogP contribution in [-0.2, 0) is 9.16 Å². The van der Waals surface area contributed by atoms with E-state index in [-0.39, 0.29) is 11.5 Å². The third kappa shape index (κ3) is 3.39. The molecule has 2 N–H and O–H groups in total. The zero-order chi connectivity index (χ0) is 14.4. The highest BCUT2D eigenvalue weighted by molar-refractivity contribution is 6.81. The van der Waals surface area contributed by atoms with Crippen molar-refractivity contribution in [2.75, 3.05) is 20.3 Å². The fourth-order valence-electron chi connectivity index (χ4n) is 2.01. The van der Waals surface area contributed by atoms with Crippen LogP contribution in [0.15, 0.2) is 48.5 Å². The van der Waals surface area contributed by atoms with Gasteiger partial charge in [-0.25, -0.2) is 0 Å². The maximum absolute atomic E-state index is 10.0. The van der Waals surface area contributed by atoms with Crippen LogP contribution in [0.1, 0.15) is 0 Å². The minimum Gasteiger partial charge on any atom is -0.508 e. The third-order valence-corrected chi connectivity index (χ3v) is 5.69. The topological polar surface area (TPSA) is 58.9 Å². The molecule has 0 aliphatic carbocycles. The standard InChI is InChI=1S/C15H18O4Si/c1-18-10-11-19-20(14-8-4-2-6-12(14)16)15-9-5-3-7-13(15)17/h2-9,16-17,20H,10-11H2,1H3. The monoisotopic (exact) mass is 290 g/mol. The molecule has 0 aromatic heterocycles. The molecular weight excluding hydrogens is 272 g/mol. The number of methoxy groups -OCH3 is 1. The lowest BCUT2D eigenvalue weighted by Crippen LogP contribution is -2.45. The minimum atomic E-state index is -2.14. The van der Waals surface area contributed by atoms with Gasteiger partial charge in [-0.05, 0) is 12.1 Å². The van der Waals surface area contributed by atoms with Crippen molar-refractivity contribution < 1.29 is 19.4 Å². The van der Waals surface area contributed by atoms with E-state index in [0.717, 1.165) is 10.4 Å². The normalized spacial score (nSPS) is 10.9. The van der Waals surface area contributed by atoms with Crippen LogP contribution in [0, 0.1) is 0 Å². The van der Waals surface area contributed by atoms with E-state index in [4.69, 9.17) is 9.16 Å². The fourth-order valence-corrected chi connectivity index (χ4v) is 4.34. The maximum Gasteiger partial charge on any atom is 0.247 e. The second kappa shape index (κ2) is 7.09. The summed E-state index contributed by atoms with van der Waals surface area (Å²) in [6.45, 7) is 0.904. The van der Waals surface area contributed by atoms with Gasteiger partial charge in [-0.2, -0.15) is 0 Å². The van der Waals surface area contributed by atoms with Gasteiger partial charge in [0.2, 0.25) is 9.04 Å². The van der Waals surface area contributed by atoms with Gasteiger partial charge in [0.05, 0.1) is 13.2 Å². The molecule has 0 saturated carbocycles. The molecule has 4 nitrogen and oxygen atoms in total. The van der Waals surface area contributed by atoms with Crippen molar-refractivity contribution in [3.05, 3.63) is 48.5 Å². The number of phenolic OH excluding ortho intramolecular Hbond substituents is 2. The number of hydrogen-bond donors (Lipinski definition) is 2. The Bertz CT molecular complexity index is 514. The average Bonchev–Trinajstić information content (AvgIpc) is 2.46. The van der Waals surface area contributed by atoms with Gasteiger partial charge in [-0.15, -0.1) is 0 Å². The van der Waals surface area contributed by atoms with E-state index in [0.29, 0.717) is 13.2 Å². The highest BCUT2D eigenvalue weighted by Gasteiger charge is 2.23. The molecule has 0 bridgehead atoms. The molecule has 0 spiro atoms. The molecule has 0 fully saturated rings. The van der Waals surface area contributed by atoms with Crippen molar-refractivity contribution in [3.63, 3.8) is 0 Å². The molecular formula is C15H18O4Si. The van der Waals surface area contributed by atoms with Gasteiger partial charge in [0.15, 0.2) is 0 Å². The number of ether oxygens (including phenoxy) is 1.